The topological polar surface area (TPSA) is 74.8 Å². The van der Waals surface area contributed by atoms with Crippen molar-refractivity contribution in [3.63, 3.8) is 0 Å². The molecular formula is C26H20Br2N2O4. The zero-order valence-electron chi connectivity index (χ0n) is 18.4. The predicted molar refractivity (Wildman–Crippen MR) is 133 cm³/mol. The molecule has 1 saturated carbocycles. The molecule has 7 rings (SSSR count). The van der Waals surface area contributed by atoms with Gasteiger partial charge in [-0.05, 0) is 63.0 Å². The average Bonchev–Trinajstić information content (AvgIpc) is 3.21. The van der Waals surface area contributed by atoms with Gasteiger partial charge in [-0.25, -0.2) is 9.80 Å². The van der Waals surface area contributed by atoms with Crippen LogP contribution < -0.4 is 9.80 Å². The maximum Gasteiger partial charge on any atom is 0.238 e. The molecule has 0 radical (unpaired) electrons. The van der Waals surface area contributed by atoms with Crippen LogP contribution in [0.2, 0.25) is 0 Å². The van der Waals surface area contributed by atoms with E-state index in [1.54, 1.807) is 36.4 Å². The molecule has 2 bridgehead atoms. The minimum Gasteiger partial charge on any atom is -0.274 e. The molecule has 0 N–H and O–H groups in total. The summed E-state index contributed by atoms with van der Waals surface area (Å²) in [6.45, 7) is 3.78. The summed E-state index contributed by atoms with van der Waals surface area (Å²) in [6, 6.07) is 14.2. The summed E-state index contributed by atoms with van der Waals surface area (Å²) in [5.74, 6) is -4.46. The molecule has 3 fully saturated rings. The SMILES string of the molecule is CC1=CC2(C)C3C(=O)N(c4ccccc4Br)C(=O)C3C1C1C(=O)N(c3ccccc3Br)C(=O)C12. The van der Waals surface area contributed by atoms with Gasteiger partial charge >= 0.3 is 0 Å². The highest BCUT2D eigenvalue weighted by Crippen LogP contribution is 2.66. The molecule has 2 saturated heterocycles. The molecule has 2 aliphatic heterocycles. The van der Waals surface area contributed by atoms with Gasteiger partial charge in [-0.1, -0.05) is 42.8 Å². The van der Waals surface area contributed by atoms with E-state index in [1.807, 2.05) is 32.1 Å². The van der Waals surface area contributed by atoms with E-state index in [0.717, 1.165) is 5.57 Å². The molecule has 172 valence electrons. The van der Waals surface area contributed by atoms with Gasteiger partial charge in [0.05, 0.1) is 35.0 Å². The van der Waals surface area contributed by atoms with Crippen LogP contribution in [0.1, 0.15) is 13.8 Å². The summed E-state index contributed by atoms with van der Waals surface area (Å²) in [6.07, 6.45) is 1.98. The minimum absolute atomic E-state index is 0.302. The first-order valence-corrected chi connectivity index (χ1v) is 12.7. The Morgan fingerprint density at radius 2 is 1.09 bits per heavy atom. The Kier molecular flexibility index (Phi) is 4.65. The first kappa shape index (κ1) is 21.9. The van der Waals surface area contributed by atoms with Crippen molar-refractivity contribution in [3.05, 3.63) is 69.1 Å². The lowest BCUT2D eigenvalue weighted by molar-refractivity contribution is -0.146. The number of amides is 4. The van der Waals surface area contributed by atoms with Crippen molar-refractivity contribution >= 4 is 66.9 Å². The van der Waals surface area contributed by atoms with E-state index in [-0.39, 0.29) is 23.6 Å². The number of hydrogen-bond acceptors (Lipinski definition) is 4. The number of allylic oxidation sites excluding steroid dienone is 2. The fourth-order valence-corrected chi connectivity index (χ4v) is 7.83. The van der Waals surface area contributed by atoms with Crippen molar-refractivity contribution in [3.8, 4) is 0 Å². The molecule has 4 atom stereocenters. The molecule has 2 heterocycles. The van der Waals surface area contributed by atoms with Gasteiger partial charge in [-0.2, -0.15) is 0 Å². The van der Waals surface area contributed by atoms with Crippen LogP contribution in [0.3, 0.4) is 0 Å². The first-order chi connectivity index (χ1) is 16.2. The zero-order chi connectivity index (χ0) is 24.1. The Morgan fingerprint density at radius 3 is 1.50 bits per heavy atom. The third kappa shape index (κ3) is 2.56. The molecule has 34 heavy (non-hydrogen) atoms. The Bertz CT molecular complexity index is 1260. The van der Waals surface area contributed by atoms with Crippen molar-refractivity contribution in [2.75, 3.05) is 9.80 Å². The van der Waals surface area contributed by atoms with E-state index in [0.29, 0.717) is 20.3 Å². The Hall–Kier alpha value is -2.58. The van der Waals surface area contributed by atoms with Crippen molar-refractivity contribution in [2.45, 2.75) is 13.8 Å². The zero-order valence-corrected chi connectivity index (χ0v) is 21.5. The summed E-state index contributed by atoms with van der Waals surface area (Å²) in [5.41, 5.74) is 0.935. The van der Waals surface area contributed by atoms with Gasteiger partial charge in [0, 0.05) is 20.3 Å². The number of imide groups is 2. The monoisotopic (exact) mass is 582 g/mol. The van der Waals surface area contributed by atoms with Gasteiger partial charge in [0.15, 0.2) is 0 Å². The standard InChI is InChI=1S/C26H20Br2N2O4/c1-12-11-26(2)20-18(22(31)29(24(20)33)15-9-5-3-7-13(15)27)17(12)19-21(26)25(34)30(23(19)32)16-10-6-4-8-14(16)28/h3-11,17-21H,1-2H3. The van der Waals surface area contributed by atoms with Crippen LogP contribution in [0.5, 0.6) is 0 Å². The van der Waals surface area contributed by atoms with E-state index < -0.39 is 35.0 Å². The van der Waals surface area contributed by atoms with Crippen LogP contribution in [-0.4, -0.2) is 23.6 Å². The number of nitrogens with zero attached hydrogens (tertiary/aromatic N) is 2. The lowest BCUT2D eigenvalue weighted by atomic mass is 9.46. The second-order valence-corrected chi connectivity index (χ2v) is 11.4. The number of carbonyl (C=O) groups is 4. The number of para-hydroxylation sites is 2. The molecular weight excluding hydrogens is 564 g/mol. The van der Waals surface area contributed by atoms with Crippen LogP contribution in [0, 0.1) is 35.0 Å². The third-order valence-electron chi connectivity index (χ3n) is 8.07. The molecule has 3 aliphatic carbocycles. The number of benzene rings is 2. The molecule has 0 spiro atoms. The lowest BCUT2D eigenvalue weighted by Gasteiger charge is -2.53. The van der Waals surface area contributed by atoms with E-state index in [4.69, 9.17) is 0 Å². The number of halogens is 2. The Morgan fingerprint density at radius 1 is 0.676 bits per heavy atom. The largest absolute Gasteiger partial charge is 0.274 e. The van der Waals surface area contributed by atoms with Crippen LogP contribution in [-0.2, 0) is 19.2 Å². The van der Waals surface area contributed by atoms with Gasteiger partial charge in [0.1, 0.15) is 0 Å². The maximum absolute atomic E-state index is 13.8. The van der Waals surface area contributed by atoms with Crippen LogP contribution in [0.25, 0.3) is 0 Å². The van der Waals surface area contributed by atoms with Crippen LogP contribution in [0.15, 0.2) is 69.1 Å². The molecule has 8 heteroatoms. The molecule has 6 nitrogen and oxygen atoms in total. The second kappa shape index (κ2) is 7.21. The second-order valence-electron chi connectivity index (χ2n) is 9.71. The first-order valence-electron chi connectivity index (χ1n) is 11.1. The quantitative estimate of drug-likeness (QED) is 0.379. The highest BCUT2D eigenvalue weighted by Gasteiger charge is 2.74. The average molecular weight is 584 g/mol. The number of anilines is 2. The summed E-state index contributed by atoms with van der Waals surface area (Å²) >= 11 is 6.92. The van der Waals surface area contributed by atoms with Crippen LogP contribution >= 0.6 is 31.9 Å². The Labute approximate surface area is 213 Å². The van der Waals surface area contributed by atoms with Gasteiger partial charge in [0.25, 0.3) is 0 Å². The lowest BCUT2D eigenvalue weighted by Crippen LogP contribution is -2.57. The summed E-state index contributed by atoms with van der Waals surface area (Å²) in [5, 5.41) is 0. The van der Waals surface area contributed by atoms with Crippen LogP contribution in [0.4, 0.5) is 11.4 Å². The predicted octanol–water partition coefficient (Wildman–Crippen LogP) is 4.72. The fourth-order valence-electron chi connectivity index (χ4n) is 6.90. The van der Waals surface area contributed by atoms with Crippen molar-refractivity contribution in [1.29, 1.82) is 0 Å². The van der Waals surface area contributed by atoms with Gasteiger partial charge in [0.2, 0.25) is 23.6 Å². The highest BCUT2D eigenvalue weighted by molar-refractivity contribution is 9.11. The number of hydrogen-bond donors (Lipinski definition) is 0. The van der Waals surface area contributed by atoms with Crippen molar-refractivity contribution in [1.82, 2.24) is 0 Å². The minimum atomic E-state index is -0.945. The van der Waals surface area contributed by atoms with Gasteiger partial charge < -0.3 is 0 Å². The molecule has 2 aromatic rings. The number of carbonyl (C=O) groups excluding carboxylic acids is 4. The summed E-state index contributed by atoms with van der Waals surface area (Å²) in [4.78, 5) is 57.8. The highest BCUT2D eigenvalue weighted by atomic mass is 79.9. The van der Waals surface area contributed by atoms with Crippen molar-refractivity contribution in [2.24, 2.45) is 35.0 Å². The molecule has 5 aliphatic rings. The molecule has 4 amide bonds. The molecule has 4 unspecified atom stereocenters. The Balaban J connectivity index is 1.50. The van der Waals surface area contributed by atoms with E-state index in [9.17, 15) is 19.2 Å². The maximum atomic E-state index is 13.8. The fraction of sp³-hybridized carbons (Fsp3) is 0.308. The van der Waals surface area contributed by atoms with E-state index in [1.165, 1.54) is 9.80 Å². The summed E-state index contributed by atoms with van der Waals surface area (Å²) < 4.78 is 1.29. The normalized spacial score (nSPS) is 34.0. The van der Waals surface area contributed by atoms with Gasteiger partial charge in [-0.3, -0.25) is 19.2 Å². The van der Waals surface area contributed by atoms with Gasteiger partial charge in [-0.15, -0.1) is 0 Å². The van der Waals surface area contributed by atoms with Crippen molar-refractivity contribution < 1.29 is 19.2 Å². The van der Waals surface area contributed by atoms with E-state index >= 15 is 0 Å². The number of rotatable bonds is 2. The molecule has 0 aromatic heterocycles. The summed E-state index contributed by atoms with van der Waals surface area (Å²) in [7, 11) is 0. The molecule has 2 aromatic carbocycles. The smallest absolute Gasteiger partial charge is 0.238 e. The third-order valence-corrected chi connectivity index (χ3v) is 9.41. The van der Waals surface area contributed by atoms with E-state index in [2.05, 4.69) is 31.9 Å².